The Bertz CT molecular complexity index is 616. The molecule has 1 unspecified atom stereocenters. The number of rotatable bonds is 6. The number of halogens is 2. The zero-order valence-electron chi connectivity index (χ0n) is 11.2. The first kappa shape index (κ1) is 16.0. The highest BCUT2D eigenvalue weighted by Crippen LogP contribution is 2.20. The second kappa shape index (κ2) is 7.59. The van der Waals surface area contributed by atoms with Gasteiger partial charge >= 0.3 is 0 Å². The van der Waals surface area contributed by atoms with Gasteiger partial charge < -0.3 is 10.4 Å². The van der Waals surface area contributed by atoms with Gasteiger partial charge in [-0.25, -0.2) is 0 Å². The first-order valence-electron chi connectivity index (χ1n) is 6.49. The molecule has 3 nitrogen and oxygen atoms in total. The molecule has 0 spiro atoms. The van der Waals surface area contributed by atoms with Crippen molar-refractivity contribution in [2.24, 2.45) is 0 Å². The van der Waals surface area contributed by atoms with E-state index in [0.717, 1.165) is 4.47 Å². The van der Waals surface area contributed by atoms with Gasteiger partial charge in [-0.2, -0.15) is 0 Å². The van der Waals surface area contributed by atoms with Gasteiger partial charge in [-0.3, -0.25) is 4.79 Å². The Hall–Kier alpha value is -1.36. The van der Waals surface area contributed by atoms with E-state index in [4.69, 9.17) is 11.6 Å². The number of para-hydroxylation sites is 1. The number of nitrogens with one attached hydrogen (secondary N) is 1. The van der Waals surface area contributed by atoms with Gasteiger partial charge in [-0.05, 0) is 36.4 Å². The van der Waals surface area contributed by atoms with Crippen molar-refractivity contribution in [2.45, 2.75) is 6.10 Å². The Balaban J connectivity index is 2.22. The molecule has 0 aliphatic carbocycles. The fraction of sp³-hybridized carbons (Fsp3) is 0.188. The molecule has 5 heteroatoms. The number of benzene rings is 2. The highest BCUT2D eigenvalue weighted by molar-refractivity contribution is 9.10. The van der Waals surface area contributed by atoms with E-state index in [-0.39, 0.29) is 11.7 Å². The van der Waals surface area contributed by atoms with E-state index in [1.54, 1.807) is 18.2 Å². The van der Waals surface area contributed by atoms with Crippen LogP contribution in [0, 0.1) is 0 Å². The van der Waals surface area contributed by atoms with Gasteiger partial charge in [0.25, 0.3) is 0 Å². The molecule has 2 rings (SSSR count). The monoisotopic (exact) mass is 367 g/mol. The molecule has 0 saturated carbocycles. The number of aliphatic hydroxyl groups is 1. The van der Waals surface area contributed by atoms with Crippen molar-refractivity contribution in [3.63, 3.8) is 0 Å². The molecule has 0 heterocycles. The SMILES string of the molecule is O=C(c1ccc(Br)cc1)c1ccccc1NCC(O)CCl. The molecular weight excluding hydrogens is 354 g/mol. The van der Waals surface area contributed by atoms with Crippen LogP contribution in [0.3, 0.4) is 0 Å². The molecule has 0 bridgehead atoms. The van der Waals surface area contributed by atoms with Crippen molar-refractivity contribution in [1.29, 1.82) is 0 Å². The molecule has 0 saturated heterocycles. The summed E-state index contributed by atoms with van der Waals surface area (Å²) >= 11 is 8.92. The number of alkyl halides is 1. The second-order valence-corrected chi connectivity index (χ2v) is 5.79. The minimum atomic E-state index is -0.650. The van der Waals surface area contributed by atoms with E-state index in [1.165, 1.54) is 0 Å². The standard InChI is InChI=1S/C16H15BrClNO2/c17-12-7-5-11(6-8-12)16(21)14-3-1-2-4-15(14)19-10-13(20)9-18/h1-8,13,19-20H,9-10H2. The predicted molar refractivity (Wildman–Crippen MR) is 89.2 cm³/mol. The molecule has 0 amide bonds. The fourth-order valence-corrected chi connectivity index (χ4v) is 2.25. The van der Waals surface area contributed by atoms with Gasteiger partial charge in [0, 0.05) is 27.8 Å². The van der Waals surface area contributed by atoms with Crippen molar-refractivity contribution >= 4 is 39.0 Å². The van der Waals surface area contributed by atoms with E-state index in [1.807, 2.05) is 30.3 Å². The first-order chi connectivity index (χ1) is 10.1. The average molecular weight is 369 g/mol. The lowest BCUT2D eigenvalue weighted by Crippen LogP contribution is -2.21. The lowest BCUT2D eigenvalue weighted by molar-refractivity contribution is 0.103. The number of hydrogen-bond donors (Lipinski definition) is 2. The summed E-state index contributed by atoms with van der Waals surface area (Å²) in [5.41, 5.74) is 1.88. The van der Waals surface area contributed by atoms with Gasteiger partial charge in [-0.15, -0.1) is 11.6 Å². The third-order valence-corrected chi connectivity index (χ3v) is 3.87. The van der Waals surface area contributed by atoms with Crippen LogP contribution in [0.15, 0.2) is 53.0 Å². The minimum absolute atomic E-state index is 0.0639. The third kappa shape index (κ3) is 4.30. The molecule has 0 radical (unpaired) electrons. The third-order valence-electron chi connectivity index (χ3n) is 2.98. The van der Waals surface area contributed by atoms with E-state index in [2.05, 4.69) is 21.2 Å². The summed E-state index contributed by atoms with van der Waals surface area (Å²) in [5, 5.41) is 12.6. The van der Waals surface area contributed by atoms with E-state index in [9.17, 15) is 9.90 Å². The lowest BCUT2D eigenvalue weighted by Gasteiger charge is -2.13. The summed E-state index contributed by atoms with van der Waals surface area (Å²) < 4.78 is 0.927. The maximum absolute atomic E-state index is 12.5. The molecule has 0 aliphatic heterocycles. The average Bonchev–Trinajstić information content (AvgIpc) is 2.53. The predicted octanol–water partition coefficient (Wildman–Crippen LogP) is 3.69. The van der Waals surface area contributed by atoms with E-state index in [0.29, 0.717) is 23.4 Å². The van der Waals surface area contributed by atoms with Crippen LogP contribution in [0.2, 0.25) is 0 Å². The van der Waals surface area contributed by atoms with Gasteiger partial charge in [0.1, 0.15) is 0 Å². The number of aliphatic hydroxyl groups excluding tert-OH is 1. The topological polar surface area (TPSA) is 49.3 Å². The molecule has 0 fully saturated rings. The number of anilines is 1. The molecule has 2 N–H and O–H groups in total. The maximum Gasteiger partial charge on any atom is 0.195 e. The van der Waals surface area contributed by atoms with E-state index >= 15 is 0 Å². The summed E-state index contributed by atoms with van der Waals surface area (Å²) in [6.07, 6.45) is -0.650. The smallest absolute Gasteiger partial charge is 0.195 e. The van der Waals surface area contributed by atoms with Crippen LogP contribution in [-0.2, 0) is 0 Å². The summed E-state index contributed by atoms with van der Waals surface area (Å²) in [5.74, 6) is 0.0847. The molecule has 2 aromatic carbocycles. The number of carbonyl (C=O) groups excluding carboxylic acids is 1. The van der Waals surface area contributed by atoms with Crippen molar-refractivity contribution < 1.29 is 9.90 Å². The van der Waals surface area contributed by atoms with Crippen LogP contribution in [0.5, 0.6) is 0 Å². The number of ketones is 1. The maximum atomic E-state index is 12.5. The van der Waals surface area contributed by atoms with Crippen LogP contribution < -0.4 is 5.32 Å². The van der Waals surface area contributed by atoms with Gasteiger partial charge in [0.15, 0.2) is 5.78 Å². The Labute approximate surface area is 137 Å². The Morgan fingerprint density at radius 2 is 1.86 bits per heavy atom. The highest BCUT2D eigenvalue weighted by atomic mass is 79.9. The van der Waals surface area contributed by atoms with Crippen molar-refractivity contribution in [3.05, 3.63) is 64.1 Å². The zero-order chi connectivity index (χ0) is 15.2. The van der Waals surface area contributed by atoms with Crippen molar-refractivity contribution in [3.8, 4) is 0 Å². The van der Waals surface area contributed by atoms with E-state index < -0.39 is 6.10 Å². The Morgan fingerprint density at radius 1 is 1.19 bits per heavy atom. The van der Waals surface area contributed by atoms with Gasteiger partial charge in [-0.1, -0.05) is 28.1 Å². The second-order valence-electron chi connectivity index (χ2n) is 4.57. The van der Waals surface area contributed by atoms with Crippen LogP contribution in [0.25, 0.3) is 0 Å². The summed E-state index contributed by atoms with van der Waals surface area (Å²) in [4.78, 5) is 12.5. The zero-order valence-corrected chi connectivity index (χ0v) is 13.6. The first-order valence-corrected chi connectivity index (χ1v) is 7.81. The van der Waals surface area contributed by atoms with Crippen LogP contribution in [0.4, 0.5) is 5.69 Å². The summed E-state index contributed by atoms with van der Waals surface area (Å²) in [6, 6.07) is 14.4. The van der Waals surface area contributed by atoms with Crippen molar-refractivity contribution in [1.82, 2.24) is 0 Å². The normalized spacial score (nSPS) is 12.0. The molecule has 0 aromatic heterocycles. The molecular formula is C16H15BrClNO2. The lowest BCUT2D eigenvalue weighted by atomic mass is 10.0. The molecule has 0 aliphatic rings. The Morgan fingerprint density at radius 3 is 2.52 bits per heavy atom. The van der Waals surface area contributed by atoms with Crippen molar-refractivity contribution in [2.75, 3.05) is 17.7 Å². The highest BCUT2D eigenvalue weighted by Gasteiger charge is 2.13. The summed E-state index contributed by atoms with van der Waals surface area (Å²) in [7, 11) is 0. The molecule has 1 atom stereocenters. The van der Waals surface area contributed by atoms with Gasteiger partial charge in [0.05, 0.1) is 12.0 Å². The molecule has 2 aromatic rings. The molecule has 21 heavy (non-hydrogen) atoms. The molecule has 110 valence electrons. The van der Waals surface area contributed by atoms with Gasteiger partial charge in [0.2, 0.25) is 0 Å². The minimum Gasteiger partial charge on any atom is -0.390 e. The summed E-state index contributed by atoms with van der Waals surface area (Å²) in [6.45, 7) is 0.300. The van der Waals surface area contributed by atoms with Crippen LogP contribution >= 0.6 is 27.5 Å². The largest absolute Gasteiger partial charge is 0.390 e. The number of hydrogen-bond acceptors (Lipinski definition) is 3. The fourth-order valence-electron chi connectivity index (χ4n) is 1.87. The van der Waals surface area contributed by atoms with Crippen LogP contribution in [0.1, 0.15) is 15.9 Å². The quantitative estimate of drug-likeness (QED) is 0.604. The number of carbonyl (C=O) groups is 1. The Kier molecular flexibility index (Phi) is 5.79. The van der Waals surface area contributed by atoms with Crippen LogP contribution in [-0.4, -0.2) is 29.4 Å².